The highest BCUT2D eigenvalue weighted by Crippen LogP contribution is 2.24. The van der Waals surface area contributed by atoms with Gasteiger partial charge >= 0.3 is 0 Å². The molecule has 0 N–H and O–H groups in total. The molecule has 0 atom stereocenters. The molecule has 3 heteroatoms. The molecule has 0 aromatic heterocycles. The molecule has 0 amide bonds. The highest BCUT2D eigenvalue weighted by atomic mass is 32.2. The Hall–Kier alpha value is -2.39. The maximum atomic E-state index is 12.6. The third-order valence-electron chi connectivity index (χ3n) is 5.69. The molecule has 2 nitrogen and oxygen atoms in total. The van der Waals surface area contributed by atoms with Gasteiger partial charge in [-0.25, -0.2) is 8.42 Å². The van der Waals surface area contributed by atoms with Crippen molar-refractivity contribution in [3.8, 4) is 0 Å². The van der Waals surface area contributed by atoms with Crippen LogP contribution in [0.5, 0.6) is 0 Å². The van der Waals surface area contributed by atoms with Gasteiger partial charge in [0.05, 0.1) is 9.79 Å². The van der Waals surface area contributed by atoms with Crippen molar-refractivity contribution in [2.24, 2.45) is 0 Å². The maximum Gasteiger partial charge on any atom is 0.206 e. The summed E-state index contributed by atoms with van der Waals surface area (Å²) in [7, 11) is -3.42. The van der Waals surface area contributed by atoms with E-state index >= 15 is 0 Å². The topological polar surface area (TPSA) is 34.1 Å². The molecule has 3 aromatic rings. The molecule has 0 heterocycles. The largest absolute Gasteiger partial charge is 0.219 e. The molecule has 0 aliphatic heterocycles. The molecule has 0 aliphatic rings. The molecule has 0 bridgehead atoms. The molecule has 0 spiro atoms. The Morgan fingerprint density at radius 2 is 0.700 bits per heavy atom. The predicted molar refractivity (Wildman–Crippen MR) is 129 cm³/mol. The molecule has 0 unspecified atom stereocenters. The fraction of sp³-hybridized carbons (Fsp3) is 0.333. The molecule has 0 saturated carbocycles. The van der Waals surface area contributed by atoms with Gasteiger partial charge in [0.25, 0.3) is 0 Å². The minimum atomic E-state index is -3.42. The lowest BCUT2D eigenvalue weighted by Gasteiger charge is -2.09. The second-order valence-corrected chi connectivity index (χ2v) is 9.97. The molecule has 162 valence electrons. The Morgan fingerprint density at radius 3 is 0.967 bits per heavy atom. The van der Waals surface area contributed by atoms with Crippen LogP contribution in [0.1, 0.15) is 51.9 Å². The van der Waals surface area contributed by atoms with Crippen LogP contribution in [0.4, 0.5) is 0 Å². The summed E-state index contributed by atoms with van der Waals surface area (Å²) in [6.45, 7) is 16.4. The second kappa shape index (κ2) is 10.1. The van der Waals surface area contributed by atoms with Gasteiger partial charge in [0, 0.05) is 0 Å². The van der Waals surface area contributed by atoms with E-state index in [9.17, 15) is 8.42 Å². The number of rotatable bonds is 2. The first-order valence-electron chi connectivity index (χ1n) is 9.87. The predicted octanol–water partition coefficient (Wildman–Crippen LogP) is 7.31. The summed E-state index contributed by atoms with van der Waals surface area (Å²) < 4.78 is 25.1. The van der Waals surface area contributed by atoms with Gasteiger partial charge in [-0.05, 0) is 124 Å². The molecular weight excluding hydrogens is 388 g/mol. The summed E-state index contributed by atoms with van der Waals surface area (Å²) in [6.07, 6.45) is 0. The van der Waals surface area contributed by atoms with E-state index in [0.29, 0.717) is 9.79 Å². The van der Waals surface area contributed by atoms with Crippen LogP contribution in [0.15, 0.2) is 58.3 Å². The van der Waals surface area contributed by atoms with Gasteiger partial charge in [-0.3, -0.25) is 0 Å². The standard InChI is InChI=1S/C16H18O2S.C10H14.CH4/c1-11-5-7-15(9-13(11)3)19(17,18)16-8-6-12(2)14(4)10-16;1-7-5-9(3)10(4)6-8(7)2;/h5-10H,1-4H3;5-6H,1-4H3;1H4. The van der Waals surface area contributed by atoms with Crippen molar-refractivity contribution in [2.75, 3.05) is 0 Å². The van der Waals surface area contributed by atoms with E-state index in [-0.39, 0.29) is 7.43 Å². The first kappa shape index (κ1) is 25.6. The Bertz CT molecular complexity index is 1030. The van der Waals surface area contributed by atoms with Crippen molar-refractivity contribution in [3.63, 3.8) is 0 Å². The molecular formula is C27H36O2S. The van der Waals surface area contributed by atoms with Gasteiger partial charge in [0.2, 0.25) is 9.84 Å². The van der Waals surface area contributed by atoms with Crippen molar-refractivity contribution in [2.45, 2.75) is 72.6 Å². The Labute approximate surface area is 183 Å². The van der Waals surface area contributed by atoms with Crippen molar-refractivity contribution >= 4 is 9.84 Å². The second-order valence-electron chi connectivity index (χ2n) is 8.02. The summed E-state index contributed by atoms with van der Waals surface area (Å²) in [5.41, 5.74) is 9.74. The number of hydrogen-bond donors (Lipinski definition) is 0. The summed E-state index contributed by atoms with van der Waals surface area (Å²) >= 11 is 0. The van der Waals surface area contributed by atoms with E-state index in [2.05, 4.69) is 39.8 Å². The fourth-order valence-electron chi connectivity index (χ4n) is 3.00. The molecule has 3 rings (SSSR count). The summed E-state index contributed by atoms with van der Waals surface area (Å²) in [6, 6.07) is 15.0. The van der Waals surface area contributed by atoms with Crippen molar-refractivity contribution in [1.29, 1.82) is 0 Å². The molecule has 0 fully saturated rings. The van der Waals surface area contributed by atoms with Gasteiger partial charge in [0.1, 0.15) is 0 Å². The third-order valence-corrected chi connectivity index (χ3v) is 7.44. The van der Waals surface area contributed by atoms with Crippen molar-refractivity contribution in [3.05, 3.63) is 93.0 Å². The van der Waals surface area contributed by atoms with Crippen LogP contribution in [-0.2, 0) is 9.84 Å². The van der Waals surface area contributed by atoms with Gasteiger partial charge in [-0.2, -0.15) is 0 Å². The smallest absolute Gasteiger partial charge is 0.206 e. The molecule has 0 aliphatic carbocycles. The molecule has 0 saturated heterocycles. The Balaban J connectivity index is 0.000000348. The van der Waals surface area contributed by atoms with Crippen LogP contribution in [0.2, 0.25) is 0 Å². The highest BCUT2D eigenvalue weighted by Gasteiger charge is 2.18. The van der Waals surface area contributed by atoms with Crippen LogP contribution in [0.25, 0.3) is 0 Å². The minimum absolute atomic E-state index is 0. The van der Waals surface area contributed by atoms with E-state index < -0.39 is 9.84 Å². The van der Waals surface area contributed by atoms with Crippen LogP contribution in [0.3, 0.4) is 0 Å². The van der Waals surface area contributed by atoms with Crippen LogP contribution >= 0.6 is 0 Å². The van der Waals surface area contributed by atoms with Gasteiger partial charge in [-0.1, -0.05) is 31.7 Å². The minimum Gasteiger partial charge on any atom is -0.219 e. The zero-order valence-electron chi connectivity index (χ0n) is 18.8. The third kappa shape index (κ3) is 5.82. The molecule has 3 aromatic carbocycles. The lowest BCUT2D eigenvalue weighted by Crippen LogP contribution is -2.03. The summed E-state index contributed by atoms with van der Waals surface area (Å²) in [5, 5.41) is 0. The first-order valence-corrected chi connectivity index (χ1v) is 11.4. The zero-order valence-corrected chi connectivity index (χ0v) is 19.7. The number of sulfone groups is 1. The number of hydrogen-bond acceptors (Lipinski definition) is 2. The van der Waals surface area contributed by atoms with Crippen LogP contribution in [-0.4, -0.2) is 8.42 Å². The monoisotopic (exact) mass is 424 g/mol. The van der Waals surface area contributed by atoms with E-state index in [1.54, 1.807) is 24.3 Å². The van der Waals surface area contributed by atoms with Gasteiger partial charge < -0.3 is 0 Å². The van der Waals surface area contributed by atoms with E-state index in [1.807, 2.05) is 39.8 Å². The molecule has 0 radical (unpaired) electrons. The summed E-state index contributed by atoms with van der Waals surface area (Å²) in [4.78, 5) is 0.720. The van der Waals surface area contributed by atoms with Crippen molar-refractivity contribution < 1.29 is 8.42 Å². The highest BCUT2D eigenvalue weighted by molar-refractivity contribution is 7.91. The first-order chi connectivity index (χ1) is 13.4. The maximum absolute atomic E-state index is 12.6. The Kier molecular flexibility index (Phi) is 8.62. The fourth-order valence-corrected chi connectivity index (χ4v) is 4.43. The summed E-state index contributed by atoms with van der Waals surface area (Å²) in [5.74, 6) is 0. The lowest BCUT2D eigenvalue weighted by atomic mass is 10.0. The normalized spacial score (nSPS) is 10.7. The van der Waals surface area contributed by atoms with E-state index in [1.165, 1.54) is 22.3 Å². The average Bonchev–Trinajstić information content (AvgIpc) is 2.65. The lowest BCUT2D eigenvalue weighted by molar-refractivity contribution is 0.596. The molecule has 30 heavy (non-hydrogen) atoms. The van der Waals surface area contributed by atoms with Crippen LogP contribution in [0, 0.1) is 55.4 Å². The van der Waals surface area contributed by atoms with Gasteiger partial charge in [0.15, 0.2) is 0 Å². The average molecular weight is 425 g/mol. The van der Waals surface area contributed by atoms with E-state index in [0.717, 1.165) is 22.3 Å². The van der Waals surface area contributed by atoms with E-state index in [4.69, 9.17) is 0 Å². The van der Waals surface area contributed by atoms with Crippen LogP contribution < -0.4 is 0 Å². The zero-order chi connectivity index (χ0) is 21.9. The number of aryl methyl sites for hydroxylation is 8. The quantitative estimate of drug-likeness (QED) is 0.432. The number of benzene rings is 3. The van der Waals surface area contributed by atoms with Crippen molar-refractivity contribution in [1.82, 2.24) is 0 Å². The SMILES string of the molecule is C.Cc1cc(C)c(C)cc1C.Cc1ccc(S(=O)(=O)c2ccc(C)c(C)c2)cc1C. The van der Waals surface area contributed by atoms with Gasteiger partial charge in [-0.15, -0.1) is 0 Å². The Morgan fingerprint density at radius 1 is 0.433 bits per heavy atom.